The molecular weight excluding hydrogens is 246 g/mol. The number of aromatic hydroxyl groups is 1. The zero-order valence-corrected chi connectivity index (χ0v) is 11.5. The topological polar surface area (TPSA) is 23.5 Å². The van der Waals surface area contributed by atoms with Crippen LogP contribution in [-0.4, -0.2) is 19.2 Å². The van der Waals surface area contributed by atoms with Crippen LogP contribution >= 0.6 is 11.6 Å². The van der Waals surface area contributed by atoms with Crippen LogP contribution in [0.1, 0.15) is 5.56 Å². The van der Waals surface area contributed by atoms with E-state index in [1.54, 1.807) is 6.07 Å². The minimum absolute atomic E-state index is 0.211. The van der Waals surface area contributed by atoms with Crippen molar-refractivity contribution in [2.45, 2.75) is 6.92 Å². The molecule has 2 nitrogen and oxygen atoms in total. The van der Waals surface area contributed by atoms with E-state index >= 15 is 0 Å². The molecule has 0 aliphatic rings. The Hall–Kier alpha value is -1.67. The Morgan fingerprint density at radius 1 is 1.06 bits per heavy atom. The highest BCUT2D eigenvalue weighted by atomic mass is 35.5. The molecule has 1 N–H and O–H groups in total. The minimum atomic E-state index is 0.211. The van der Waals surface area contributed by atoms with Gasteiger partial charge in [-0.3, -0.25) is 0 Å². The molecule has 0 unspecified atom stereocenters. The molecule has 94 valence electrons. The van der Waals surface area contributed by atoms with E-state index in [2.05, 4.69) is 0 Å². The van der Waals surface area contributed by atoms with E-state index in [-0.39, 0.29) is 5.75 Å². The molecule has 0 bridgehead atoms. The van der Waals surface area contributed by atoms with Gasteiger partial charge < -0.3 is 10.0 Å². The van der Waals surface area contributed by atoms with E-state index in [0.29, 0.717) is 5.02 Å². The summed E-state index contributed by atoms with van der Waals surface area (Å²) in [4.78, 5) is 2.04. The molecule has 0 atom stereocenters. The Balaban J connectivity index is 2.46. The lowest BCUT2D eigenvalue weighted by Gasteiger charge is -2.13. The second-order valence-electron chi connectivity index (χ2n) is 4.56. The average molecular weight is 262 g/mol. The summed E-state index contributed by atoms with van der Waals surface area (Å²) < 4.78 is 0. The maximum absolute atomic E-state index is 9.95. The van der Waals surface area contributed by atoms with Gasteiger partial charge in [0.25, 0.3) is 0 Å². The van der Waals surface area contributed by atoms with Crippen molar-refractivity contribution >= 4 is 17.3 Å². The van der Waals surface area contributed by atoms with Gasteiger partial charge in [0.2, 0.25) is 0 Å². The average Bonchev–Trinajstić information content (AvgIpc) is 2.34. The molecular formula is C15H16ClNO. The lowest BCUT2D eigenvalue weighted by molar-refractivity contribution is 0.477. The van der Waals surface area contributed by atoms with Crippen molar-refractivity contribution < 1.29 is 5.11 Å². The molecule has 2 rings (SSSR count). The molecule has 0 heterocycles. The largest absolute Gasteiger partial charge is 0.507 e. The number of aryl methyl sites for hydroxylation is 1. The number of phenols is 1. The Kier molecular flexibility index (Phi) is 3.48. The van der Waals surface area contributed by atoms with Crippen LogP contribution in [0.4, 0.5) is 5.69 Å². The number of rotatable bonds is 2. The number of benzene rings is 2. The Labute approximate surface area is 112 Å². The summed E-state index contributed by atoms with van der Waals surface area (Å²) in [6, 6.07) is 11.5. The fourth-order valence-corrected chi connectivity index (χ4v) is 2.00. The predicted octanol–water partition coefficient (Wildman–Crippen LogP) is 4.09. The second-order valence-corrected chi connectivity index (χ2v) is 4.97. The van der Waals surface area contributed by atoms with Crippen LogP contribution in [-0.2, 0) is 0 Å². The van der Waals surface area contributed by atoms with Crippen LogP contribution in [0.25, 0.3) is 11.1 Å². The van der Waals surface area contributed by atoms with Gasteiger partial charge in [-0.15, -0.1) is 0 Å². The van der Waals surface area contributed by atoms with Gasteiger partial charge in [-0.25, -0.2) is 0 Å². The zero-order chi connectivity index (χ0) is 13.3. The summed E-state index contributed by atoms with van der Waals surface area (Å²) in [5.41, 5.74) is 3.88. The smallest absolute Gasteiger partial charge is 0.124 e. The third-order valence-electron chi connectivity index (χ3n) is 2.97. The maximum atomic E-state index is 9.95. The highest BCUT2D eigenvalue weighted by Gasteiger charge is 2.07. The quantitative estimate of drug-likeness (QED) is 0.880. The first-order valence-corrected chi connectivity index (χ1v) is 6.13. The first-order valence-electron chi connectivity index (χ1n) is 5.76. The van der Waals surface area contributed by atoms with Crippen molar-refractivity contribution in [3.05, 3.63) is 47.0 Å². The lowest BCUT2D eigenvalue weighted by Crippen LogP contribution is -2.07. The van der Waals surface area contributed by atoms with Crippen LogP contribution in [0.3, 0.4) is 0 Å². The molecule has 2 aromatic rings. The molecule has 0 saturated heterocycles. The molecule has 3 heteroatoms. The van der Waals surface area contributed by atoms with Crippen molar-refractivity contribution in [1.82, 2.24) is 0 Å². The Morgan fingerprint density at radius 3 is 2.22 bits per heavy atom. The van der Waals surface area contributed by atoms with E-state index in [1.807, 2.05) is 56.3 Å². The second kappa shape index (κ2) is 4.91. The van der Waals surface area contributed by atoms with E-state index in [9.17, 15) is 5.11 Å². The molecule has 18 heavy (non-hydrogen) atoms. The van der Waals surface area contributed by atoms with Gasteiger partial charge in [0, 0.05) is 30.4 Å². The fraction of sp³-hybridized carbons (Fsp3) is 0.200. The van der Waals surface area contributed by atoms with Crippen LogP contribution in [0.15, 0.2) is 36.4 Å². The van der Waals surface area contributed by atoms with Crippen molar-refractivity contribution in [1.29, 1.82) is 0 Å². The number of phenolic OH excluding ortho intramolecular Hbond substituents is 1. The predicted molar refractivity (Wildman–Crippen MR) is 77.6 cm³/mol. The van der Waals surface area contributed by atoms with Gasteiger partial charge in [0.1, 0.15) is 5.75 Å². The lowest BCUT2D eigenvalue weighted by atomic mass is 10.0. The van der Waals surface area contributed by atoms with E-state index in [0.717, 1.165) is 22.4 Å². The van der Waals surface area contributed by atoms with E-state index in [1.165, 1.54) is 0 Å². The molecule has 0 saturated carbocycles. The molecule has 0 aromatic heterocycles. The summed E-state index contributed by atoms with van der Waals surface area (Å²) >= 11 is 5.97. The number of hydrogen-bond acceptors (Lipinski definition) is 2. The normalized spacial score (nSPS) is 10.4. The summed E-state index contributed by atoms with van der Waals surface area (Å²) in [7, 11) is 4.00. The van der Waals surface area contributed by atoms with Crippen LogP contribution in [0, 0.1) is 6.92 Å². The van der Waals surface area contributed by atoms with Crippen LogP contribution < -0.4 is 4.90 Å². The highest BCUT2D eigenvalue weighted by Crippen LogP contribution is 2.34. The highest BCUT2D eigenvalue weighted by molar-refractivity contribution is 6.31. The van der Waals surface area contributed by atoms with Crippen LogP contribution in [0.2, 0.25) is 5.02 Å². The summed E-state index contributed by atoms with van der Waals surface area (Å²) in [6.45, 7) is 1.93. The van der Waals surface area contributed by atoms with Gasteiger partial charge in [-0.2, -0.15) is 0 Å². The number of anilines is 1. The van der Waals surface area contributed by atoms with E-state index < -0.39 is 0 Å². The van der Waals surface area contributed by atoms with Crippen molar-refractivity contribution in [2.24, 2.45) is 0 Å². The first-order chi connectivity index (χ1) is 8.49. The molecule has 0 aliphatic heterocycles. The first kappa shape index (κ1) is 12.8. The summed E-state index contributed by atoms with van der Waals surface area (Å²) in [5.74, 6) is 0.211. The molecule has 0 amide bonds. The van der Waals surface area contributed by atoms with Crippen molar-refractivity contribution in [2.75, 3.05) is 19.0 Å². The maximum Gasteiger partial charge on any atom is 0.124 e. The van der Waals surface area contributed by atoms with Crippen LogP contribution in [0.5, 0.6) is 5.75 Å². The third-order valence-corrected chi connectivity index (χ3v) is 3.38. The summed E-state index contributed by atoms with van der Waals surface area (Å²) in [6.07, 6.45) is 0. The van der Waals surface area contributed by atoms with E-state index in [4.69, 9.17) is 11.6 Å². The van der Waals surface area contributed by atoms with Gasteiger partial charge in [0.15, 0.2) is 0 Å². The SMILES string of the molecule is Cc1cc(-c2ccc(N(C)C)cc2)c(O)cc1Cl. The van der Waals surface area contributed by atoms with Gasteiger partial charge in [-0.1, -0.05) is 23.7 Å². The number of nitrogens with zero attached hydrogens (tertiary/aromatic N) is 1. The van der Waals surface area contributed by atoms with Gasteiger partial charge in [0.05, 0.1) is 0 Å². The zero-order valence-electron chi connectivity index (χ0n) is 10.7. The van der Waals surface area contributed by atoms with Crippen molar-refractivity contribution in [3.8, 4) is 16.9 Å². The van der Waals surface area contributed by atoms with Gasteiger partial charge >= 0.3 is 0 Å². The molecule has 0 spiro atoms. The molecule has 0 aliphatic carbocycles. The Morgan fingerprint density at radius 2 is 1.67 bits per heavy atom. The fourth-order valence-electron chi connectivity index (χ4n) is 1.84. The molecule has 0 fully saturated rings. The monoisotopic (exact) mass is 261 g/mol. The minimum Gasteiger partial charge on any atom is -0.507 e. The van der Waals surface area contributed by atoms with Crippen molar-refractivity contribution in [3.63, 3.8) is 0 Å². The summed E-state index contributed by atoms with van der Waals surface area (Å²) in [5, 5.41) is 10.5. The molecule has 0 radical (unpaired) electrons. The van der Waals surface area contributed by atoms with Gasteiger partial charge in [-0.05, 0) is 42.3 Å². The molecule has 2 aromatic carbocycles. The Bertz CT molecular complexity index is 561. The standard InChI is InChI=1S/C15H16ClNO/c1-10-8-13(15(18)9-14(10)16)11-4-6-12(7-5-11)17(2)3/h4-9,18H,1-3H3. The number of halogens is 1. The number of hydrogen-bond donors (Lipinski definition) is 1. The third kappa shape index (κ3) is 2.44.